The first-order chi connectivity index (χ1) is 23.7. The minimum absolute atomic E-state index is 0.0309. The van der Waals surface area contributed by atoms with Crippen LogP contribution in [-0.4, -0.2) is 145 Å². The van der Waals surface area contributed by atoms with Gasteiger partial charge < -0.3 is 58.1 Å². The molecular formula is C37H65NO13. The summed E-state index contributed by atoms with van der Waals surface area (Å²) < 4.78 is 51.1. The first kappa shape index (κ1) is 42.4. The number of cyclic esters (lactones) is 1. The van der Waals surface area contributed by atoms with E-state index in [1.807, 2.05) is 27.9 Å². The molecule has 0 bridgehead atoms. The molecule has 0 aliphatic carbocycles. The maximum absolute atomic E-state index is 14.1. The maximum Gasteiger partial charge on any atom is 0.311 e. The molecule has 0 saturated carbocycles. The van der Waals surface area contributed by atoms with Gasteiger partial charge in [0.25, 0.3) is 0 Å². The van der Waals surface area contributed by atoms with Crippen molar-refractivity contribution in [3.05, 3.63) is 0 Å². The Kier molecular flexibility index (Phi) is 13.5. The Balaban J connectivity index is 1.86. The molecule has 0 amide bonds. The quantitative estimate of drug-likeness (QED) is 0.340. The van der Waals surface area contributed by atoms with Crippen molar-refractivity contribution in [3.63, 3.8) is 0 Å². The molecule has 4 rings (SSSR count). The molecule has 4 saturated heterocycles. The largest absolute Gasteiger partial charge is 0.459 e. The highest BCUT2D eigenvalue weighted by atomic mass is 16.8. The predicted molar refractivity (Wildman–Crippen MR) is 184 cm³/mol. The number of fused-ring (bicyclic) bond motifs is 2. The monoisotopic (exact) mass is 731 g/mol. The summed E-state index contributed by atoms with van der Waals surface area (Å²) in [4.78, 5) is 30.3. The number of aliphatic hydroxyl groups excluding tert-OH is 2. The minimum Gasteiger partial charge on any atom is -0.459 e. The number of rotatable bonds is 6. The number of carbonyl (C=O) groups excluding carboxylic acids is 2. The van der Waals surface area contributed by atoms with Crippen LogP contribution < -0.4 is 0 Å². The van der Waals surface area contributed by atoms with E-state index in [0.29, 0.717) is 6.42 Å². The zero-order chi connectivity index (χ0) is 38.4. The number of likely N-dealkylation sites (N-methyl/N-ethyl adjacent to an activating group) is 1. The Bertz CT molecular complexity index is 1200. The lowest BCUT2D eigenvalue weighted by Crippen LogP contribution is -2.69. The summed E-state index contributed by atoms with van der Waals surface area (Å²) in [5, 5.41) is 34.0. The molecule has 18 atom stereocenters. The molecule has 0 aromatic rings. The number of carbonyl (C=O) groups is 2. The van der Waals surface area contributed by atoms with Crippen LogP contribution in [0.5, 0.6) is 0 Å². The van der Waals surface area contributed by atoms with Gasteiger partial charge in [-0.15, -0.1) is 0 Å². The van der Waals surface area contributed by atoms with Crippen LogP contribution in [0.4, 0.5) is 0 Å². The summed E-state index contributed by atoms with van der Waals surface area (Å²) in [5.74, 6) is -5.96. The summed E-state index contributed by atoms with van der Waals surface area (Å²) in [7, 11) is 6.94. The van der Waals surface area contributed by atoms with E-state index in [4.69, 9.17) is 37.9 Å². The molecule has 0 radical (unpaired) electrons. The molecule has 4 aliphatic heterocycles. The fourth-order valence-electron chi connectivity index (χ4n) is 8.71. The van der Waals surface area contributed by atoms with Crippen LogP contribution in [0.2, 0.25) is 0 Å². The second-order valence-electron chi connectivity index (χ2n) is 16.2. The fraction of sp³-hybridized carbons (Fsp3) is 0.946. The number of esters is 1. The van der Waals surface area contributed by atoms with Crippen LogP contribution >= 0.6 is 0 Å². The van der Waals surface area contributed by atoms with Crippen molar-refractivity contribution in [2.45, 2.75) is 172 Å². The third kappa shape index (κ3) is 8.22. The average molecular weight is 732 g/mol. The highest BCUT2D eigenvalue weighted by Crippen LogP contribution is 2.46. The summed E-state index contributed by atoms with van der Waals surface area (Å²) in [6.45, 7) is 15.4. The second-order valence-corrected chi connectivity index (χ2v) is 16.2. The van der Waals surface area contributed by atoms with E-state index in [1.165, 1.54) is 21.1 Å². The Labute approximate surface area is 303 Å². The molecule has 0 unspecified atom stereocenters. The standard InChI is InChI=1S/C37H65NO13/c1-14-25-36(9,43)30(40)20(4)27(39)18(2)16-37(45-13)32(50-34-29(51-37)24(38(10)11)15-19(3)46-34)21(5)28(22(6)33(42)48-25)49-26-17-35(8,44-12)31(41)23(7)47-26/h18-26,28-32,34,40-41,43H,14-17H2,1-13H3/t18-,19-,20+,21+,22-,23+,24+,25-,26+,28+,29-,30-,31+,32-,34+,35-,36-,37+/m1/s1. The third-order valence-electron chi connectivity index (χ3n) is 12.2. The normalized spacial score (nSPS) is 50.6. The zero-order valence-corrected chi connectivity index (χ0v) is 32.9. The van der Waals surface area contributed by atoms with E-state index in [-0.39, 0.29) is 37.2 Å². The van der Waals surface area contributed by atoms with E-state index in [0.717, 1.165) is 0 Å². The van der Waals surface area contributed by atoms with Gasteiger partial charge in [-0.1, -0.05) is 27.7 Å². The molecule has 51 heavy (non-hydrogen) atoms. The molecule has 4 heterocycles. The Hall–Kier alpha value is -1.30. The van der Waals surface area contributed by atoms with Gasteiger partial charge in [0.1, 0.15) is 35.8 Å². The van der Waals surface area contributed by atoms with E-state index in [9.17, 15) is 24.9 Å². The molecule has 14 heteroatoms. The van der Waals surface area contributed by atoms with E-state index < -0.39 is 102 Å². The average Bonchev–Trinajstić information content (AvgIpc) is 3.08. The van der Waals surface area contributed by atoms with Crippen molar-refractivity contribution in [2.75, 3.05) is 28.3 Å². The Morgan fingerprint density at radius 3 is 2.12 bits per heavy atom. The summed E-state index contributed by atoms with van der Waals surface area (Å²) in [5.41, 5.74) is -2.97. The van der Waals surface area contributed by atoms with E-state index in [2.05, 4.69) is 4.90 Å². The van der Waals surface area contributed by atoms with E-state index in [1.54, 1.807) is 41.5 Å². The first-order valence-electron chi connectivity index (χ1n) is 18.6. The van der Waals surface area contributed by atoms with Gasteiger partial charge >= 0.3 is 5.97 Å². The van der Waals surface area contributed by atoms with Gasteiger partial charge in [0.2, 0.25) is 0 Å². The summed E-state index contributed by atoms with van der Waals surface area (Å²) in [6.07, 6.45) is -7.66. The number of ketones is 1. The number of ether oxygens (including phenoxy) is 8. The van der Waals surface area contributed by atoms with Crippen LogP contribution in [-0.2, 0) is 47.5 Å². The van der Waals surface area contributed by atoms with Crippen molar-refractivity contribution in [3.8, 4) is 0 Å². The van der Waals surface area contributed by atoms with Gasteiger partial charge in [-0.3, -0.25) is 9.59 Å². The molecule has 0 aromatic heterocycles. The molecule has 0 aromatic carbocycles. The number of Topliss-reactive ketones (excluding diaryl/α,β-unsaturated/α-hetero) is 1. The number of methoxy groups -OCH3 is 2. The Morgan fingerprint density at radius 2 is 1.55 bits per heavy atom. The SMILES string of the molecule is CC[C@H]1OC(=O)[C@H](C)[C@@H](O[C@H]2C[C@@](C)(OC)[C@@H](O)[C@H](C)O2)[C@H](C)[C@H]2O[C@@H]3O[C@H](C)C[C@H](N(C)C)[C@H]3O[C@@]2(OC)C[C@@H](C)C(=O)[C@H](C)[C@@H](O)[C@]1(C)O. The van der Waals surface area contributed by atoms with E-state index >= 15 is 0 Å². The lowest BCUT2D eigenvalue weighted by molar-refractivity contribution is -0.430. The topological polar surface area (TPSA) is 172 Å². The molecule has 4 fully saturated rings. The van der Waals surface area contributed by atoms with Gasteiger partial charge in [0.05, 0.1) is 35.9 Å². The minimum atomic E-state index is -1.96. The van der Waals surface area contributed by atoms with Crippen LogP contribution in [0.1, 0.15) is 88.0 Å². The highest BCUT2D eigenvalue weighted by molar-refractivity contribution is 5.83. The van der Waals surface area contributed by atoms with Crippen LogP contribution in [0, 0.1) is 23.7 Å². The third-order valence-corrected chi connectivity index (χ3v) is 12.2. The molecule has 14 nitrogen and oxygen atoms in total. The fourth-order valence-corrected chi connectivity index (χ4v) is 8.71. The molecule has 0 spiro atoms. The molecule has 296 valence electrons. The van der Waals surface area contributed by atoms with Crippen LogP contribution in [0.25, 0.3) is 0 Å². The van der Waals surface area contributed by atoms with Gasteiger partial charge in [0, 0.05) is 50.9 Å². The number of aliphatic hydroxyl groups is 3. The summed E-state index contributed by atoms with van der Waals surface area (Å²) >= 11 is 0. The predicted octanol–water partition coefficient (Wildman–Crippen LogP) is 2.42. The van der Waals surface area contributed by atoms with Crippen LogP contribution in [0.15, 0.2) is 0 Å². The maximum atomic E-state index is 14.1. The van der Waals surface area contributed by atoms with Gasteiger partial charge in [0.15, 0.2) is 18.4 Å². The van der Waals surface area contributed by atoms with Crippen molar-refractivity contribution in [1.82, 2.24) is 4.90 Å². The number of hydrogen-bond donors (Lipinski definition) is 3. The van der Waals surface area contributed by atoms with Crippen LogP contribution in [0.3, 0.4) is 0 Å². The highest BCUT2D eigenvalue weighted by Gasteiger charge is 2.60. The number of nitrogens with zero attached hydrogens (tertiary/aromatic N) is 1. The van der Waals surface area contributed by atoms with Crippen molar-refractivity contribution < 1.29 is 62.8 Å². The van der Waals surface area contributed by atoms with Gasteiger partial charge in [-0.25, -0.2) is 0 Å². The van der Waals surface area contributed by atoms with Gasteiger partial charge in [-0.05, 0) is 61.6 Å². The smallest absolute Gasteiger partial charge is 0.311 e. The first-order valence-corrected chi connectivity index (χ1v) is 18.6. The van der Waals surface area contributed by atoms with Crippen molar-refractivity contribution in [1.29, 1.82) is 0 Å². The van der Waals surface area contributed by atoms with Crippen molar-refractivity contribution in [2.24, 2.45) is 23.7 Å². The van der Waals surface area contributed by atoms with Crippen molar-refractivity contribution >= 4 is 11.8 Å². The molecular weight excluding hydrogens is 666 g/mol. The summed E-state index contributed by atoms with van der Waals surface area (Å²) in [6, 6.07) is -0.112. The Morgan fingerprint density at radius 1 is 0.902 bits per heavy atom. The molecule has 4 aliphatic rings. The zero-order valence-electron chi connectivity index (χ0n) is 32.9. The number of hydrogen-bond acceptors (Lipinski definition) is 14. The molecule has 3 N–H and O–H groups in total. The van der Waals surface area contributed by atoms with Gasteiger partial charge in [-0.2, -0.15) is 0 Å². The lowest BCUT2D eigenvalue weighted by atomic mass is 9.76. The second kappa shape index (κ2) is 16.2. The lowest BCUT2D eigenvalue weighted by Gasteiger charge is -2.56.